The van der Waals surface area contributed by atoms with Gasteiger partial charge in [-0.2, -0.15) is 0 Å². The van der Waals surface area contributed by atoms with Gasteiger partial charge in [0.2, 0.25) is 5.91 Å². The molecule has 8 nitrogen and oxygen atoms in total. The van der Waals surface area contributed by atoms with Crippen LogP contribution < -0.4 is 5.32 Å². The van der Waals surface area contributed by atoms with E-state index >= 15 is 0 Å². The number of hydrogen-bond donors (Lipinski definition) is 2. The first-order valence-corrected chi connectivity index (χ1v) is 11.2. The number of pyridine rings is 1. The Morgan fingerprint density at radius 1 is 1.31 bits per heavy atom. The van der Waals surface area contributed by atoms with Crippen LogP contribution in [0.5, 0.6) is 0 Å². The van der Waals surface area contributed by atoms with Crippen molar-refractivity contribution in [1.82, 2.24) is 14.9 Å². The summed E-state index contributed by atoms with van der Waals surface area (Å²) in [7, 11) is 0. The molecule has 2 amide bonds. The van der Waals surface area contributed by atoms with Gasteiger partial charge in [-0.25, -0.2) is 9.97 Å². The van der Waals surface area contributed by atoms with Crippen molar-refractivity contribution in [3.8, 4) is 0 Å². The van der Waals surface area contributed by atoms with E-state index in [9.17, 15) is 14.7 Å². The van der Waals surface area contributed by atoms with Crippen LogP contribution in [0.1, 0.15) is 32.6 Å². The van der Waals surface area contributed by atoms with Gasteiger partial charge in [0.15, 0.2) is 0 Å². The van der Waals surface area contributed by atoms with Crippen molar-refractivity contribution in [3.05, 3.63) is 75.0 Å². The molecule has 3 aromatic rings. The minimum Gasteiger partial charge on any atom is -0.394 e. The third kappa shape index (κ3) is 4.81. The second-order valence-corrected chi connectivity index (χ2v) is 8.63. The number of hydrogen-bond acceptors (Lipinski definition) is 7. The van der Waals surface area contributed by atoms with Crippen LogP contribution in [0.4, 0.5) is 5.69 Å². The van der Waals surface area contributed by atoms with Gasteiger partial charge in [-0.15, -0.1) is 11.3 Å². The number of amides is 2. The monoisotopic (exact) mass is 472 g/mol. The standard InChI is InChI=1S/C22H21ClN4O4S/c1-13-18(32-12-25-13)9-27-17(10-28)21(31-11-20(27)29)14-2-4-16(5-3-14)26-22(30)15-6-7-24-19(23)8-15/h2-8,12,17,21,28H,9-11H2,1H3,(H,26,30). The molecule has 1 saturated heterocycles. The van der Waals surface area contributed by atoms with Gasteiger partial charge in [0.05, 0.1) is 30.4 Å². The van der Waals surface area contributed by atoms with E-state index in [1.807, 2.05) is 19.1 Å². The Labute approximate surface area is 193 Å². The number of anilines is 1. The minimum atomic E-state index is -0.530. The number of nitrogens with zero attached hydrogens (tertiary/aromatic N) is 3. The lowest BCUT2D eigenvalue weighted by atomic mass is 9.99. The number of aliphatic hydroxyl groups is 1. The molecule has 4 rings (SSSR count). The highest BCUT2D eigenvalue weighted by Gasteiger charge is 2.37. The third-order valence-electron chi connectivity index (χ3n) is 5.29. The molecule has 166 valence electrons. The zero-order valence-corrected chi connectivity index (χ0v) is 18.8. The largest absolute Gasteiger partial charge is 0.394 e. The molecule has 1 aliphatic heterocycles. The van der Waals surface area contributed by atoms with Gasteiger partial charge in [-0.1, -0.05) is 23.7 Å². The van der Waals surface area contributed by atoms with E-state index in [-0.39, 0.29) is 30.2 Å². The summed E-state index contributed by atoms with van der Waals surface area (Å²) < 4.78 is 5.79. The Bertz CT molecular complexity index is 1120. The molecule has 10 heteroatoms. The summed E-state index contributed by atoms with van der Waals surface area (Å²) in [6, 6.07) is 9.67. The number of carbonyl (C=O) groups excluding carboxylic acids is 2. The van der Waals surface area contributed by atoms with Crippen molar-refractivity contribution in [2.24, 2.45) is 0 Å². The molecule has 0 aliphatic carbocycles. The van der Waals surface area contributed by atoms with Crippen LogP contribution in [-0.2, 0) is 16.1 Å². The average Bonchev–Trinajstić information content (AvgIpc) is 3.20. The molecular weight excluding hydrogens is 452 g/mol. The average molecular weight is 473 g/mol. The molecule has 0 radical (unpaired) electrons. The SMILES string of the molecule is Cc1ncsc1CN1C(=O)COC(c2ccc(NC(=O)c3ccnc(Cl)c3)cc2)C1CO. The molecule has 0 bridgehead atoms. The number of halogens is 1. The number of aryl methyl sites for hydroxylation is 1. The fourth-order valence-electron chi connectivity index (χ4n) is 3.56. The Balaban J connectivity index is 1.49. The van der Waals surface area contributed by atoms with Crippen LogP contribution in [0.15, 0.2) is 48.1 Å². The highest BCUT2D eigenvalue weighted by Crippen LogP contribution is 2.31. The van der Waals surface area contributed by atoms with Crippen LogP contribution >= 0.6 is 22.9 Å². The third-order valence-corrected chi connectivity index (χ3v) is 6.41. The molecular formula is C22H21ClN4O4S. The number of aliphatic hydroxyl groups excluding tert-OH is 1. The van der Waals surface area contributed by atoms with Gasteiger partial charge >= 0.3 is 0 Å². The first-order valence-electron chi connectivity index (χ1n) is 9.90. The maximum atomic E-state index is 12.5. The molecule has 2 aromatic heterocycles. The predicted octanol–water partition coefficient (Wildman–Crippen LogP) is 3.21. The van der Waals surface area contributed by atoms with E-state index in [0.717, 1.165) is 16.1 Å². The van der Waals surface area contributed by atoms with E-state index in [1.54, 1.807) is 28.6 Å². The predicted molar refractivity (Wildman–Crippen MR) is 121 cm³/mol. The Hall–Kier alpha value is -2.85. The number of benzene rings is 1. The van der Waals surface area contributed by atoms with Crippen molar-refractivity contribution in [1.29, 1.82) is 0 Å². The lowest BCUT2D eigenvalue weighted by molar-refractivity contribution is -0.161. The van der Waals surface area contributed by atoms with Crippen LogP contribution in [-0.4, -0.2) is 51.0 Å². The second kappa shape index (κ2) is 9.74. The fraction of sp³-hybridized carbons (Fsp3) is 0.273. The Kier molecular flexibility index (Phi) is 6.80. The number of thiazole rings is 1. The van der Waals surface area contributed by atoms with Crippen molar-refractivity contribution >= 4 is 40.4 Å². The molecule has 2 unspecified atom stereocenters. The normalized spacial score (nSPS) is 18.6. The zero-order valence-electron chi connectivity index (χ0n) is 17.2. The summed E-state index contributed by atoms with van der Waals surface area (Å²) >= 11 is 7.33. The van der Waals surface area contributed by atoms with Gasteiger partial charge in [-0.05, 0) is 36.8 Å². The molecule has 2 atom stereocenters. The van der Waals surface area contributed by atoms with Crippen LogP contribution in [0.25, 0.3) is 0 Å². The highest BCUT2D eigenvalue weighted by atomic mass is 35.5. The van der Waals surface area contributed by atoms with Crippen LogP contribution in [0, 0.1) is 6.92 Å². The maximum absolute atomic E-state index is 12.5. The Morgan fingerprint density at radius 2 is 2.09 bits per heavy atom. The van der Waals surface area contributed by atoms with Crippen LogP contribution in [0.2, 0.25) is 5.15 Å². The quantitative estimate of drug-likeness (QED) is 0.534. The van der Waals surface area contributed by atoms with Crippen molar-refractivity contribution in [2.75, 3.05) is 18.5 Å². The number of aromatic nitrogens is 2. The van der Waals surface area contributed by atoms with E-state index in [1.165, 1.54) is 23.6 Å². The summed E-state index contributed by atoms with van der Waals surface area (Å²) in [6.07, 6.45) is 0.978. The topological polar surface area (TPSA) is 105 Å². The zero-order chi connectivity index (χ0) is 22.7. The molecule has 32 heavy (non-hydrogen) atoms. The van der Waals surface area contributed by atoms with Crippen molar-refractivity contribution < 1.29 is 19.4 Å². The molecule has 1 aromatic carbocycles. The lowest BCUT2D eigenvalue weighted by Crippen LogP contribution is -2.52. The van der Waals surface area contributed by atoms with Gasteiger partial charge in [-0.3, -0.25) is 9.59 Å². The van der Waals surface area contributed by atoms with Crippen molar-refractivity contribution in [3.63, 3.8) is 0 Å². The number of ether oxygens (including phenoxy) is 1. The molecule has 0 spiro atoms. The van der Waals surface area contributed by atoms with Crippen molar-refractivity contribution in [2.45, 2.75) is 25.6 Å². The Morgan fingerprint density at radius 3 is 2.75 bits per heavy atom. The summed E-state index contributed by atoms with van der Waals surface area (Å²) in [6.45, 7) is 1.97. The number of rotatable bonds is 6. The van der Waals surface area contributed by atoms with E-state index in [2.05, 4.69) is 15.3 Å². The van der Waals surface area contributed by atoms with E-state index in [4.69, 9.17) is 16.3 Å². The fourth-order valence-corrected chi connectivity index (χ4v) is 4.51. The first kappa shape index (κ1) is 22.3. The van der Waals surface area contributed by atoms with Crippen LogP contribution in [0.3, 0.4) is 0 Å². The number of nitrogens with one attached hydrogen (secondary N) is 1. The smallest absolute Gasteiger partial charge is 0.255 e. The van der Waals surface area contributed by atoms with Gasteiger partial charge in [0.1, 0.15) is 17.9 Å². The molecule has 0 saturated carbocycles. The van der Waals surface area contributed by atoms with Gasteiger partial charge in [0, 0.05) is 22.3 Å². The number of morpholine rings is 1. The van der Waals surface area contributed by atoms with E-state index < -0.39 is 12.1 Å². The number of carbonyl (C=O) groups is 2. The molecule has 2 N–H and O–H groups in total. The molecule has 3 heterocycles. The summed E-state index contributed by atoms with van der Waals surface area (Å²) in [4.78, 5) is 35.7. The van der Waals surface area contributed by atoms with Gasteiger partial charge in [0.25, 0.3) is 5.91 Å². The summed E-state index contributed by atoms with van der Waals surface area (Å²) in [5.74, 6) is -0.478. The molecule has 1 aliphatic rings. The minimum absolute atomic E-state index is 0.0691. The highest BCUT2D eigenvalue weighted by molar-refractivity contribution is 7.09. The second-order valence-electron chi connectivity index (χ2n) is 7.31. The maximum Gasteiger partial charge on any atom is 0.255 e. The van der Waals surface area contributed by atoms with Gasteiger partial charge < -0.3 is 20.1 Å². The summed E-state index contributed by atoms with van der Waals surface area (Å²) in [5.41, 5.74) is 4.41. The van der Waals surface area contributed by atoms with E-state index in [0.29, 0.717) is 17.8 Å². The molecule has 1 fully saturated rings. The first-order chi connectivity index (χ1) is 15.5. The summed E-state index contributed by atoms with van der Waals surface area (Å²) in [5, 5.41) is 13.1. The lowest BCUT2D eigenvalue weighted by Gasteiger charge is -2.40.